The minimum atomic E-state index is -0.458. The quantitative estimate of drug-likeness (QED) is 0.0215. The van der Waals surface area contributed by atoms with Crippen LogP contribution in [0.15, 0.2) is 195 Å². The monoisotopic (exact) mass is 1700 g/mol. The number of esters is 3. The predicted molar refractivity (Wildman–Crippen MR) is 434 cm³/mol. The lowest BCUT2D eigenvalue weighted by Crippen LogP contribution is -3.00. The highest BCUT2D eigenvalue weighted by atomic mass is 35.5. The zero-order valence-electron chi connectivity index (χ0n) is 69.2. The van der Waals surface area contributed by atoms with Crippen LogP contribution in [0, 0.1) is 0 Å². The fourth-order valence-electron chi connectivity index (χ4n) is 15.8. The van der Waals surface area contributed by atoms with E-state index in [1.54, 1.807) is 48.8 Å². The number of halogens is 6. The second-order valence-electron chi connectivity index (χ2n) is 35.0. The summed E-state index contributed by atoms with van der Waals surface area (Å²) in [5, 5.41) is 55.6. The summed E-state index contributed by atoms with van der Waals surface area (Å²) in [6.45, 7) is 32.7. The van der Waals surface area contributed by atoms with Gasteiger partial charge in [0.05, 0.1) is 22.8 Å². The second kappa shape index (κ2) is 41.6. The fourth-order valence-corrected chi connectivity index (χ4v) is 16.3. The van der Waals surface area contributed by atoms with Gasteiger partial charge in [0.25, 0.3) is 5.24 Å². The number of hydroxylamine groups is 8. The van der Waals surface area contributed by atoms with Gasteiger partial charge < -0.3 is 77.4 Å². The number of nitrogens with zero attached hydrogens (tertiary/aromatic N) is 8. The van der Waals surface area contributed by atoms with Crippen LogP contribution in [0.3, 0.4) is 0 Å². The minimum absolute atomic E-state index is 0. The number of aryl methyl sites for hydroxylation is 1. The summed E-state index contributed by atoms with van der Waals surface area (Å²) in [5.41, 5.74) is 7.57. The standard InChI is InChI=1S/C28H35N3O3.C27H32N3O3.C17H24ClNO3.C9H19NO2.C8H6Cl2O.3ClH/c1-27(2)18-25(19-28(3,4)31(27)33)34-26(32)24-8-6-21(7-9-24)20-30-16-12-23(13-17-30)22-10-14-29(5)15-11-22;1-26(2)17-24(18-27(3,4)30(26)32)33-25(31)23-7-5-20(6-8-23)19-29-15-11-22(12-16-29)21-9-13-28-14-10-21;1-16(2)9-14(10-17(3,4)19(16)21)22-15(20)13-7-5-12(11-18)6-8-13;1-8(2)5-7(11)6-9(3,4)10(8)12;9-5-6-1-3-7(4-2-6)8(10)11;;;/h6-17,25,33H,18-20H2,1-5H3;5-16,24,32H,17-19H2,1-4H3;5-8,14,21H,9-11H2,1-4H3;7,11-12H,5-6H2,1-4H3;1-4H,5H2;3*1H/q+2;+1;;;;;;/p-3. The van der Waals surface area contributed by atoms with Crippen molar-refractivity contribution < 1.29 is 110 Å². The van der Waals surface area contributed by atoms with Crippen LogP contribution in [0.5, 0.6) is 0 Å². The molecule has 8 aromatic rings. The molecular formula is C89H116Cl6N8O12. The summed E-state index contributed by atoms with van der Waals surface area (Å²) in [7, 11) is 2.01. The van der Waals surface area contributed by atoms with E-state index in [9.17, 15) is 45.1 Å². The van der Waals surface area contributed by atoms with Gasteiger partial charge in [-0.1, -0.05) is 48.5 Å². The molecule has 0 radical (unpaired) electrons. The van der Waals surface area contributed by atoms with Gasteiger partial charge in [0.15, 0.2) is 50.3 Å². The highest BCUT2D eigenvalue weighted by Crippen LogP contribution is 2.42. The first-order valence-corrected chi connectivity index (χ1v) is 39.6. The zero-order valence-corrected chi connectivity index (χ0v) is 73.7. The fraction of sp³-hybridized carbons (Fsp3) is 0.461. The molecule has 115 heavy (non-hydrogen) atoms. The number of aliphatic hydroxyl groups excluding tert-OH is 1. The highest BCUT2D eigenvalue weighted by Gasteiger charge is 2.50. The SMILES string of the molecule is CC1(C)CC(O)CC(C)(C)N1O.CC1(C)CC(OC(=O)c2ccc(CCl)cc2)CC(C)(C)N1O.CC1(C)CC(OC(=O)c2ccc(C[n+]3ccc(-c4ccncc4)cc3)cc2)CC(C)(C)N1O.C[n+]1ccc(-c2cc[n+](Cc3ccc(C(=O)OC4CC(C)(C)N(O)C(C)(C)C4)cc3)cc2)cc1.O=C(Cl)c1ccc(CCl)cc1.[Cl-].[Cl-].[Cl-]. The van der Waals surface area contributed by atoms with Crippen LogP contribution < -0.4 is 50.9 Å². The van der Waals surface area contributed by atoms with Gasteiger partial charge >= 0.3 is 17.9 Å². The largest absolute Gasteiger partial charge is 1.00 e. The molecule has 4 fully saturated rings. The molecule has 12 rings (SSSR count). The van der Waals surface area contributed by atoms with Gasteiger partial charge in [0.1, 0.15) is 25.4 Å². The topological polar surface area (TPSA) is 235 Å². The van der Waals surface area contributed by atoms with Gasteiger partial charge in [0, 0.05) is 160 Å². The van der Waals surface area contributed by atoms with Crippen molar-refractivity contribution in [1.82, 2.24) is 25.2 Å². The Labute approximate surface area is 713 Å². The average molecular weight is 1700 g/mol. The van der Waals surface area contributed by atoms with Crippen LogP contribution in [0.25, 0.3) is 22.3 Å². The molecule has 0 unspecified atom stereocenters. The lowest BCUT2D eigenvalue weighted by Gasteiger charge is -2.50. The molecule has 0 spiro atoms. The van der Waals surface area contributed by atoms with E-state index in [4.69, 9.17) is 49.0 Å². The van der Waals surface area contributed by atoms with E-state index < -0.39 is 38.5 Å². The molecule has 5 N–H and O–H groups in total. The molecule has 4 aromatic heterocycles. The van der Waals surface area contributed by atoms with Crippen LogP contribution in [-0.4, -0.2) is 143 Å². The normalized spacial score (nSPS) is 18.7. The van der Waals surface area contributed by atoms with Crippen molar-refractivity contribution in [2.75, 3.05) is 0 Å². The number of pyridine rings is 4. The maximum atomic E-state index is 12.8. The van der Waals surface area contributed by atoms with E-state index >= 15 is 0 Å². The molecule has 4 aliphatic heterocycles. The van der Waals surface area contributed by atoms with E-state index in [2.05, 4.69) is 75.3 Å². The number of benzene rings is 4. The molecular weight excluding hydrogens is 1590 g/mol. The van der Waals surface area contributed by atoms with Gasteiger partial charge in [-0.05, 0) is 229 Å². The van der Waals surface area contributed by atoms with Crippen molar-refractivity contribution in [3.63, 3.8) is 0 Å². The Morgan fingerprint density at radius 1 is 0.365 bits per heavy atom. The van der Waals surface area contributed by atoms with Crippen molar-refractivity contribution in [2.24, 2.45) is 7.05 Å². The second-order valence-corrected chi connectivity index (χ2v) is 35.8. The number of aliphatic hydroxyl groups is 1. The van der Waals surface area contributed by atoms with Crippen molar-refractivity contribution in [3.05, 3.63) is 240 Å². The Morgan fingerprint density at radius 3 is 0.843 bits per heavy atom. The first-order valence-electron chi connectivity index (χ1n) is 38.1. The average Bonchev–Trinajstić information content (AvgIpc) is 0.788. The van der Waals surface area contributed by atoms with Gasteiger partial charge in [-0.15, -0.1) is 23.2 Å². The van der Waals surface area contributed by atoms with Crippen LogP contribution in [0.1, 0.15) is 226 Å². The van der Waals surface area contributed by atoms with Crippen LogP contribution in [-0.2, 0) is 46.1 Å². The summed E-state index contributed by atoms with van der Waals surface area (Å²) >= 11 is 16.5. The summed E-state index contributed by atoms with van der Waals surface area (Å²) in [5.74, 6) is -0.0884. The smallest absolute Gasteiger partial charge is 0.338 e. The number of hydrogen-bond acceptors (Lipinski definition) is 17. The number of carbonyl (C=O) groups excluding carboxylic acids is 4. The number of carbonyl (C=O) groups is 4. The molecule has 0 saturated carbocycles. The number of alkyl halides is 2. The third-order valence-electron chi connectivity index (χ3n) is 21.1. The molecule has 4 aromatic carbocycles. The summed E-state index contributed by atoms with van der Waals surface area (Å²) in [4.78, 5) is 52.4. The lowest BCUT2D eigenvalue weighted by atomic mass is 9.80. The Hall–Kier alpha value is -7.06. The molecule has 0 atom stereocenters. The van der Waals surface area contributed by atoms with E-state index in [0.29, 0.717) is 91.9 Å². The zero-order chi connectivity index (χ0) is 82.5. The Kier molecular flexibility index (Phi) is 35.6. The molecule has 0 aliphatic carbocycles. The molecule has 4 saturated heterocycles. The van der Waals surface area contributed by atoms with E-state index in [1.165, 1.54) is 31.4 Å². The molecule has 20 nitrogen and oxygen atoms in total. The van der Waals surface area contributed by atoms with E-state index in [0.717, 1.165) is 39.9 Å². The number of aromatic nitrogens is 4. The van der Waals surface area contributed by atoms with Gasteiger partial charge in [-0.2, -0.15) is 20.3 Å². The number of rotatable bonds is 15. The number of piperidine rings is 4. The van der Waals surface area contributed by atoms with Crippen LogP contribution >= 0.6 is 34.8 Å². The lowest BCUT2D eigenvalue weighted by molar-refractivity contribution is -0.688. The predicted octanol–water partition coefficient (Wildman–Crippen LogP) is 7.93. The Morgan fingerprint density at radius 2 is 0.591 bits per heavy atom. The molecule has 0 bridgehead atoms. The van der Waals surface area contributed by atoms with Crippen molar-refractivity contribution in [2.45, 2.75) is 256 Å². The van der Waals surface area contributed by atoms with Crippen LogP contribution in [0.2, 0.25) is 0 Å². The van der Waals surface area contributed by atoms with Crippen molar-refractivity contribution in [3.8, 4) is 22.3 Å². The number of ether oxygens (including phenoxy) is 3. The Balaban J connectivity index is 0.000000271. The van der Waals surface area contributed by atoms with Gasteiger partial charge in [-0.25, -0.2) is 28.1 Å². The van der Waals surface area contributed by atoms with Crippen molar-refractivity contribution in [1.29, 1.82) is 0 Å². The van der Waals surface area contributed by atoms with E-state index in [1.807, 2.05) is 208 Å². The third-order valence-corrected chi connectivity index (χ3v) is 22.0. The summed E-state index contributed by atoms with van der Waals surface area (Å²) < 4.78 is 23.6. The van der Waals surface area contributed by atoms with E-state index in [-0.39, 0.29) is 90.6 Å². The Bertz CT molecular complexity index is 4340. The summed E-state index contributed by atoms with van der Waals surface area (Å²) in [6.07, 6.45) is 19.7. The van der Waals surface area contributed by atoms with Crippen LogP contribution in [0.4, 0.5) is 0 Å². The number of hydrogen-bond donors (Lipinski definition) is 5. The first kappa shape index (κ1) is 98.5. The molecule has 0 amide bonds. The molecule has 26 heteroatoms. The van der Waals surface area contributed by atoms with Gasteiger partial charge in [0.2, 0.25) is 0 Å². The third kappa shape index (κ3) is 27.5. The van der Waals surface area contributed by atoms with Gasteiger partial charge in [-0.3, -0.25) is 9.78 Å². The molecule has 4 aliphatic rings. The maximum Gasteiger partial charge on any atom is 0.338 e. The maximum absolute atomic E-state index is 12.8. The molecule has 8 heterocycles. The minimum Gasteiger partial charge on any atom is -1.00 e. The highest BCUT2D eigenvalue weighted by molar-refractivity contribution is 6.67. The van der Waals surface area contributed by atoms with Crippen molar-refractivity contribution >= 4 is 58.0 Å². The summed E-state index contributed by atoms with van der Waals surface area (Å²) in [6, 6.07) is 45.8. The first-order chi connectivity index (χ1) is 52.3. The molecule has 626 valence electrons.